The summed E-state index contributed by atoms with van der Waals surface area (Å²) in [6.07, 6.45) is -0.547. The second kappa shape index (κ2) is 9.26. The number of amides is 2. The molecule has 0 heterocycles. The summed E-state index contributed by atoms with van der Waals surface area (Å²) in [7, 11) is 0. The van der Waals surface area contributed by atoms with Crippen LogP contribution in [0.1, 0.15) is 12.0 Å². The Hall–Kier alpha value is -2.94. The molecule has 0 fully saturated rings. The van der Waals surface area contributed by atoms with Crippen molar-refractivity contribution in [2.24, 2.45) is 5.73 Å². The second-order valence-electron chi connectivity index (χ2n) is 5.01. The van der Waals surface area contributed by atoms with Crippen LogP contribution >= 0.6 is 0 Å². The van der Waals surface area contributed by atoms with Crippen LogP contribution in [0.15, 0.2) is 30.3 Å². The first-order chi connectivity index (χ1) is 11.3. The Bertz CT molecular complexity index is 604. The van der Waals surface area contributed by atoms with Gasteiger partial charge in [-0.05, 0) is 5.56 Å². The van der Waals surface area contributed by atoms with Crippen molar-refractivity contribution in [3.8, 4) is 0 Å². The zero-order valence-electron chi connectivity index (χ0n) is 12.8. The summed E-state index contributed by atoms with van der Waals surface area (Å²) in [6.45, 7) is -0.419. The molecule has 1 rings (SSSR count). The SMILES string of the molecule is NCC(=O)N[C@@H](CC(=O)N[C@@H](Cc1ccccc1)C(=O)O)C(=O)O. The Labute approximate surface area is 137 Å². The molecule has 130 valence electrons. The monoisotopic (exact) mass is 337 g/mol. The molecule has 0 radical (unpaired) electrons. The van der Waals surface area contributed by atoms with Crippen LogP contribution in [0, 0.1) is 0 Å². The number of rotatable bonds is 9. The molecule has 9 heteroatoms. The number of nitrogens with one attached hydrogen (secondary N) is 2. The molecule has 0 spiro atoms. The van der Waals surface area contributed by atoms with Crippen LogP contribution in [0.4, 0.5) is 0 Å². The summed E-state index contributed by atoms with van der Waals surface area (Å²) in [5.74, 6) is -4.19. The fourth-order valence-corrected chi connectivity index (χ4v) is 1.94. The lowest BCUT2D eigenvalue weighted by atomic mass is 10.1. The van der Waals surface area contributed by atoms with Gasteiger partial charge in [0.25, 0.3) is 0 Å². The van der Waals surface area contributed by atoms with E-state index in [0.717, 1.165) is 0 Å². The van der Waals surface area contributed by atoms with E-state index in [9.17, 15) is 24.3 Å². The molecule has 9 nitrogen and oxygen atoms in total. The van der Waals surface area contributed by atoms with Crippen molar-refractivity contribution >= 4 is 23.8 Å². The Morgan fingerprint density at radius 3 is 1.96 bits per heavy atom. The fraction of sp³-hybridized carbons (Fsp3) is 0.333. The van der Waals surface area contributed by atoms with Crippen LogP contribution in [0.2, 0.25) is 0 Å². The van der Waals surface area contributed by atoms with Gasteiger partial charge >= 0.3 is 11.9 Å². The molecule has 0 aliphatic heterocycles. The predicted octanol–water partition coefficient (Wildman–Crippen LogP) is -1.28. The van der Waals surface area contributed by atoms with E-state index in [1.807, 2.05) is 0 Å². The van der Waals surface area contributed by atoms with Gasteiger partial charge in [0.1, 0.15) is 12.1 Å². The first-order valence-corrected chi connectivity index (χ1v) is 7.11. The van der Waals surface area contributed by atoms with Gasteiger partial charge in [0, 0.05) is 6.42 Å². The van der Waals surface area contributed by atoms with Crippen molar-refractivity contribution in [1.82, 2.24) is 10.6 Å². The molecular formula is C15H19N3O6. The molecular weight excluding hydrogens is 318 g/mol. The van der Waals surface area contributed by atoms with E-state index >= 15 is 0 Å². The Morgan fingerprint density at radius 1 is 0.917 bits per heavy atom. The van der Waals surface area contributed by atoms with E-state index < -0.39 is 48.8 Å². The van der Waals surface area contributed by atoms with E-state index in [1.165, 1.54) is 0 Å². The van der Waals surface area contributed by atoms with E-state index in [0.29, 0.717) is 5.56 Å². The molecule has 2 amide bonds. The molecule has 0 bridgehead atoms. The van der Waals surface area contributed by atoms with Gasteiger partial charge in [0.15, 0.2) is 0 Å². The van der Waals surface area contributed by atoms with Crippen LogP contribution in [0.5, 0.6) is 0 Å². The summed E-state index contributed by atoms with van der Waals surface area (Å²) in [5.41, 5.74) is 5.78. The summed E-state index contributed by atoms with van der Waals surface area (Å²) in [5, 5.41) is 22.5. The Balaban J connectivity index is 2.68. The fourth-order valence-electron chi connectivity index (χ4n) is 1.94. The van der Waals surface area contributed by atoms with Crippen LogP contribution in [-0.4, -0.2) is 52.6 Å². The summed E-state index contributed by atoms with van der Waals surface area (Å²) in [4.78, 5) is 45.4. The smallest absolute Gasteiger partial charge is 0.326 e. The molecule has 0 unspecified atom stereocenters. The number of carboxylic acids is 2. The number of carboxylic acid groups (broad SMARTS) is 2. The standard InChI is InChI=1S/C15H19N3O6/c16-8-13(20)18-11(15(23)24)7-12(19)17-10(14(21)22)6-9-4-2-1-3-5-9/h1-5,10-11H,6-8,16H2,(H,17,19)(H,18,20)(H,21,22)(H,23,24)/t10-,11-/m0/s1. The van der Waals surface area contributed by atoms with E-state index in [1.54, 1.807) is 30.3 Å². The average Bonchev–Trinajstić information content (AvgIpc) is 2.54. The molecule has 1 aromatic carbocycles. The third-order valence-electron chi connectivity index (χ3n) is 3.12. The lowest BCUT2D eigenvalue weighted by Crippen LogP contribution is -2.49. The van der Waals surface area contributed by atoms with Gasteiger partial charge in [0.2, 0.25) is 11.8 Å². The van der Waals surface area contributed by atoms with Crippen molar-refractivity contribution in [3.63, 3.8) is 0 Å². The average molecular weight is 337 g/mol. The number of hydrogen-bond acceptors (Lipinski definition) is 5. The van der Waals surface area contributed by atoms with Crippen molar-refractivity contribution in [2.75, 3.05) is 6.54 Å². The van der Waals surface area contributed by atoms with Crippen LogP contribution in [0.25, 0.3) is 0 Å². The van der Waals surface area contributed by atoms with E-state index in [2.05, 4.69) is 10.6 Å². The van der Waals surface area contributed by atoms with Gasteiger partial charge in [-0.1, -0.05) is 30.3 Å². The molecule has 6 N–H and O–H groups in total. The minimum atomic E-state index is -1.48. The first kappa shape index (κ1) is 19.1. The number of aliphatic carboxylic acids is 2. The van der Waals surface area contributed by atoms with Gasteiger partial charge in [-0.2, -0.15) is 0 Å². The number of hydrogen-bond donors (Lipinski definition) is 5. The first-order valence-electron chi connectivity index (χ1n) is 7.11. The summed E-state index contributed by atoms with van der Waals surface area (Å²) in [6, 6.07) is 5.98. The highest BCUT2D eigenvalue weighted by molar-refractivity contribution is 5.90. The topological polar surface area (TPSA) is 159 Å². The normalized spacial score (nSPS) is 12.7. The molecule has 0 aliphatic carbocycles. The summed E-state index contributed by atoms with van der Waals surface area (Å²) < 4.78 is 0. The third kappa shape index (κ3) is 6.44. The number of nitrogens with two attached hydrogens (primary N) is 1. The minimum Gasteiger partial charge on any atom is -0.480 e. The molecule has 0 saturated carbocycles. The Kier molecular flexibility index (Phi) is 7.37. The molecule has 0 aromatic heterocycles. The number of benzene rings is 1. The molecule has 24 heavy (non-hydrogen) atoms. The molecule has 0 saturated heterocycles. The quantitative estimate of drug-likeness (QED) is 0.375. The molecule has 1 aromatic rings. The van der Waals surface area contributed by atoms with Gasteiger partial charge in [-0.15, -0.1) is 0 Å². The van der Waals surface area contributed by atoms with Crippen molar-refractivity contribution in [2.45, 2.75) is 24.9 Å². The highest BCUT2D eigenvalue weighted by atomic mass is 16.4. The van der Waals surface area contributed by atoms with Crippen molar-refractivity contribution in [1.29, 1.82) is 0 Å². The van der Waals surface area contributed by atoms with E-state index in [4.69, 9.17) is 10.8 Å². The van der Waals surface area contributed by atoms with Gasteiger partial charge in [0.05, 0.1) is 13.0 Å². The van der Waals surface area contributed by atoms with Crippen LogP contribution < -0.4 is 16.4 Å². The highest BCUT2D eigenvalue weighted by Gasteiger charge is 2.26. The van der Waals surface area contributed by atoms with Crippen LogP contribution in [0.3, 0.4) is 0 Å². The van der Waals surface area contributed by atoms with Gasteiger partial charge < -0.3 is 26.6 Å². The highest BCUT2D eigenvalue weighted by Crippen LogP contribution is 2.04. The number of carbonyl (C=O) groups excluding carboxylic acids is 2. The number of carbonyl (C=O) groups is 4. The van der Waals surface area contributed by atoms with Crippen molar-refractivity contribution in [3.05, 3.63) is 35.9 Å². The zero-order chi connectivity index (χ0) is 18.1. The second-order valence-corrected chi connectivity index (χ2v) is 5.01. The maximum absolute atomic E-state index is 11.9. The Morgan fingerprint density at radius 2 is 1.46 bits per heavy atom. The van der Waals surface area contributed by atoms with E-state index in [-0.39, 0.29) is 6.42 Å². The maximum Gasteiger partial charge on any atom is 0.326 e. The lowest BCUT2D eigenvalue weighted by molar-refractivity contribution is -0.144. The lowest BCUT2D eigenvalue weighted by Gasteiger charge is -2.17. The minimum absolute atomic E-state index is 0.0504. The molecule has 2 atom stereocenters. The van der Waals surface area contributed by atoms with Crippen molar-refractivity contribution < 1.29 is 29.4 Å². The largest absolute Gasteiger partial charge is 0.480 e. The maximum atomic E-state index is 11.9. The molecule has 0 aliphatic rings. The van der Waals surface area contributed by atoms with Gasteiger partial charge in [-0.25, -0.2) is 9.59 Å². The third-order valence-corrected chi connectivity index (χ3v) is 3.12. The van der Waals surface area contributed by atoms with Gasteiger partial charge in [-0.3, -0.25) is 9.59 Å². The summed E-state index contributed by atoms with van der Waals surface area (Å²) >= 11 is 0. The zero-order valence-corrected chi connectivity index (χ0v) is 12.8. The van der Waals surface area contributed by atoms with Crippen LogP contribution in [-0.2, 0) is 25.6 Å². The predicted molar refractivity (Wildman–Crippen MR) is 83.0 cm³/mol.